The number of benzene rings is 4. The molecule has 5 rings (SSSR count). The molecule has 0 saturated carbocycles. The first-order chi connectivity index (χ1) is 14.7. The van der Waals surface area contributed by atoms with Crippen molar-refractivity contribution in [3.05, 3.63) is 125 Å². The van der Waals surface area contributed by atoms with Gasteiger partial charge in [0.1, 0.15) is 0 Å². The Morgan fingerprint density at radius 3 is 1.72 bits per heavy atom. The first-order valence-corrected chi connectivity index (χ1v) is 11.1. The molecule has 1 aliphatic rings. The van der Waals surface area contributed by atoms with Gasteiger partial charge in [0.2, 0.25) is 0 Å². The summed E-state index contributed by atoms with van der Waals surface area (Å²) in [6, 6.07) is 36.0. The van der Waals surface area contributed by atoms with Crippen LogP contribution in [-0.4, -0.2) is 66.2 Å². The fourth-order valence-corrected chi connectivity index (χ4v) is 5.17. The monoisotopic (exact) mass is 471 g/mol. The maximum Gasteiger partial charge on any atom is 0.0488 e. The molecule has 2 radical (unpaired) electrons. The summed E-state index contributed by atoms with van der Waals surface area (Å²) in [5.74, 6) is 0. The van der Waals surface area contributed by atoms with Crippen LogP contribution in [0, 0.1) is 0 Å². The number of thioether (sulfide) groups is 1. The summed E-state index contributed by atoms with van der Waals surface area (Å²) in [6.45, 7) is 0. The van der Waals surface area contributed by atoms with E-state index >= 15 is 0 Å². The Morgan fingerprint density at radius 1 is 0.656 bits per heavy atom. The van der Waals surface area contributed by atoms with Gasteiger partial charge in [0.15, 0.2) is 0 Å². The molecule has 148 valence electrons. The van der Waals surface area contributed by atoms with Crippen molar-refractivity contribution in [3.8, 4) is 0 Å². The Morgan fingerprint density at radius 2 is 1.16 bits per heavy atom. The molecule has 0 aromatic heterocycles. The first-order valence-electron chi connectivity index (χ1n) is 9.88. The number of para-hydroxylation sites is 2. The SMILES string of the molecule is CN1c2ccccc2C(=C(Sc2ccccc2)c2ccc(Cl)cc2)c2ccccc21.[Na].[Na]. The van der Waals surface area contributed by atoms with Crippen molar-refractivity contribution >= 4 is 104 Å². The second-order valence-electron chi connectivity index (χ2n) is 7.22. The topological polar surface area (TPSA) is 3.24 Å². The van der Waals surface area contributed by atoms with E-state index in [2.05, 4.69) is 103 Å². The van der Waals surface area contributed by atoms with Gasteiger partial charge < -0.3 is 4.90 Å². The third kappa shape index (κ3) is 5.09. The van der Waals surface area contributed by atoms with Crippen LogP contribution in [0.1, 0.15) is 16.7 Å². The van der Waals surface area contributed by atoms with Crippen molar-refractivity contribution < 1.29 is 0 Å². The Balaban J connectivity index is 0.00000144. The minimum absolute atomic E-state index is 0. The van der Waals surface area contributed by atoms with Gasteiger partial charge in [0.05, 0.1) is 0 Å². The van der Waals surface area contributed by atoms with Gasteiger partial charge in [-0.05, 0) is 42.0 Å². The van der Waals surface area contributed by atoms with Gasteiger partial charge in [-0.25, -0.2) is 0 Å². The zero-order valence-corrected chi connectivity index (χ0v) is 24.1. The zero-order chi connectivity index (χ0) is 20.5. The van der Waals surface area contributed by atoms with E-state index in [-0.39, 0.29) is 59.1 Å². The molecule has 0 N–H and O–H groups in total. The summed E-state index contributed by atoms with van der Waals surface area (Å²) in [5, 5.41) is 0.747. The molecule has 32 heavy (non-hydrogen) atoms. The molecular formula is C27H20ClNNa2S. The summed E-state index contributed by atoms with van der Waals surface area (Å²) >= 11 is 8.01. The smallest absolute Gasteiger partial charge is 0.0488 e. The molecule has 0 aliphatic carbocycles. The molecule has 1 nitrogen and oxygen atoms in total. The first kappa shape index (κ1) is 25.7. The molecule has 0 atom stereocenters. The average molecular weight is 472 g/mol. The van der Waals surface area contributed by atoms with E-state index in [1.54, 1.807) is 11.8 Å². The maximum absolute atomic E-state index is 6.21. The van der Waals surface area contributed by atoms with Crippen LogP contribution in [0.25, 0.3) is 10.5 Å². The standard InChI is InChI=1S/C27H20ClNS.2Na/c1-29-24-13-7-5-11-22(24)26(23-12-6-8-14-25(23)29)27(19-15-17-20(28)18-16-19)30-21-9-3-2-4-10-21;;/h2-18H,1H3;;. The minimum atomic E-state index is 0. The molecule has 0 saturated heterocycles. The fourth-order valence-electron chi connectivity index (χ4n) is 3.94. The molecule has 0 fully saturated rings. The van der Waals surface area contributed by atoms with E-state index < -0.39 is 0 Å². The summed E-state index contributed by atoms with van der Waals surface area (Å²) in [7, 11) is 2.14. The minimum Gasteiger partial charge on any atom is -0.344 e. The Hall–Kier alpha value is -0.940. The quantitative estimate of drug-likeness (QED) is 0.227. The molecule has 4 aromatic rings. The average Bonchev–Trinajstić information content (AvgIpc) is 2.80. The van der Waals surface area contributed by atoms with E-state index in [4.69, 9.17) is 11.6 Å². The van der Waals surface area contributed by atoms with E-state index in [9.17, 15) is 0 Å². The third-order valence-corrected chi connectivity index (χ3v) is 6.77. The molecule has 0 unspecified atom stereocenters. The molecule has 0 bridgehead atoms. The molecule has 1 aliphatic heterocycles. The van der Waals surface area contributed by atoms with Crippen LogP contribution in [0.15, 0.2) is 108 Å². The number of rotatable bonds is 3. The second-order valence-corrected chi connectivity index (χ2v) is 8.74. The van der Waals surface area contributed by atoms with Crippen LogP contribution in [-0.2, 0) is 0 Å². The van der Waals surface area contributed by atoms with Crippen molar-refractivity contribution in [3.63, 3.8) is 0 Å². The Kier molecular flexibility index (Phi) is 9.20. The molecule has 1 heterocycles. The van der Waals surface area contributed by atoms with Crippen LogP contribution in [0.5, 0.6) is 0 Å². The van der Waals surface area contributed by atoms with Gasteiger partial charge in [-0.3, -0.25) is 0 Å². The van der Waals surface area contributed by atoms with Gasteiger partial charge in [-0.1, -0.05) is 90.1 Å². The number of fused-ring (bicyclic) bond motifs is 2. The molecule has 4 aromatic carbocycles. The number of halogens is 1. The number of nitrogens with zero attached hydrogens (tertiary/aromatic N) is 1. The van der Waals surface area contributed by atoms with E-state index in [0.717, 1.165) is 10.6 Å². The Labute approximate surface area is 243 Å². The van der Waals surface area contributed by atoms with Gasteiger partial charge in [0.25, 0.3) is 0 Å². The number of anilines is 2. The summed E-state index contributed by atoms with van der Waals surface area (Å²) in [4.78, 5) is 4.72. The van der Waals surface area contributed by atoms with E-state index in [0.29, 0.717) is 0 Å². The van der Waals surface area contributed by atoms with Crippen LogP contribution in [0.3, 0.4) is 0 Å². The van der Waals surface area contributed by atoms with E-state index in [1.165, 1.54) is 37.9 Å². The molecule has 5 heteroatoms. The molecule has 0 spiro atoms. The van der Waals surface area contributed by atoms with Gasteiger partial charge >= 0.3 is 0 Å². The Bertz CT molecular complexity index is 1190. The van der Waals surface area contributed by atoms with E-state index in [1.807, 2.05) is 12.1 Å². The fraction of sp³-hybridized carbons (Fsp3) is 0.0370. The number of hydrogen-bond donors (Lipinski definition) is 0. The van der Waals surface area contributed by atoms with Crippen LogP contribution in [0.2, 0.25) is 5.02 Å². The van der Waals surface area contributed by atoms with Crippen molar-refractivity contribution in [2.75, 3.05) is 11.9 Å². The van der Waals surface area contributed by atoms with Crippen LogP contribution in [0.4, 0.5) is 11.4 Å². The van der Waals surface area contributed by atoms with Crippen molar-refractivity contribution in [2.45, 2.75) is 4.90 Å². The van der Waals surface area contributed by atoms with Crippen molar-refractivity contribution in [2.24, 2.45) is 0 Å². The summed E-state index contributed by atoms with van der Waals surface area (Å²) in [5.41, 5.74) is 7.34. The normalized spacial score (nSPS) is 11.6. The second kappa shape index (κ2) is 11.5. The van der Waals surface area contributed by atoms with Crippen LogP contribution >= 0.6 is 23.4 Å². The predicted molar refractivity (Wildman–Crippen MR) is 142 cm³/mol. The predicted octanol–water partition coefficient (Wildman–Crippen LogP) is 7.37. The third-order valence-electron chi connectivity index (χ3n) is 5.37. The summed E-state index contributed by atoms with van der Waals surface area (Å²) < 4.78 is 0. The van der Waals surface area contributed by atoms with Gasteiger partial charge in [-0.2, -0.15) is 0 Å². The zero-order valence-electron chi connectivity index (χ0n) is 18.5. The molecule has 0 amide bonds. The maximum atomic E-state index is 6.21. The number of hydrogen-bond acceptors (Lipinski definition) is 2. The summed E-state index contributed by atoms with van der Waals surface area (Å²) in [6.07, 6.45) is 0. The molecular weight excluding hydrogens is 452 g/mol. The van der Waals surface area contributed by atoms with Gasteiger partial charge in [-0.15, -0.1) is 0 Å². The van der Waals surface area contributed by atoms with Gasteiger partial charge in [0, 0.05) is 109 Å². The van der Waals surface area contributed by atoms with Crippen molar-refractivity contribution in [1.82, 2.24) is 0 Å². The largest absolute Gasteiger partial charge is 0.344 e. The van der Waals surface area contributed by atoms with Crippen molar-refractivity contribution in [1.29, 1.82) is 0 Å². The van der Waals surface area contributed by atoms with Crippen LogP contribution < -0.4 is 4.90 Å².